The van der Waals surface area contributed by atoms with Crippen LogP contribution in [0.5, 0.6) is 0 Å². The summed E-state index contributed by atoms with van der Waals surface area (Å²) in [6.45, 7) is 6.08. The first-order valence-corrected chi connectivity index (χ1v) is 6.89. The van der Waals surface area contributed by atoms with Crippen LogP contribution in [-0.4, -0.2) is 22.6 Å². The topological polar surface area (TPSA) is 78.4 Å². The molecule has 0 fully saturated rings. The van der Waals surface area contributed by atoms with E-state index in [9.17, 15) is 9.59 Å². The molecule has 0 aliphatic carbocycles. The third-order valence-electron chi connectivity index (χ3n) is 3.81. The Bertz CT molecular complexity index is 473. The molecule has 2 amide bonds. The Labute approximate surface area is 119 Å². The number of urea groups is 1. The van der Waals surface area contributed by atoms with E-state index >= 15 is 0 Å². The summed E-state index contributed by atoms with van der Waals surface area (Å²) in [4.78, 5) is 23.1. The lowest BCUT2D eigenvalue weighted by Crippen LogP contribution is -2.49. The number of nitrogens with one attached hydrogen (secondary N) is 2. The summed E-state index contributed by atoms with van der Waals surface area (Å²) in [6.07, 6.45) is 2.48. The molecule has 0 radical (unpaired) electrons. The Kier molecular flexibility index (Phi) is 5.55. The third kappa shape index (κ3) is 3.73. The molecule has 1 aromatic rings. The highest BCUT2D eigenvalue weighted by Gasteiger charge is 2.26. The number of amides is 2. The van der Waals surface area contributed by atoms with Crippen LogP contribution < -0.4 is 10.6 Å². The second kappa shape index (κ2) is 6.93. The van der Waals surface area contributed by atoms with E-state index in [1.807, 2.05) is 20.8 Å². The Morgan fingerprint density at radius 1 is 1.10 bits per heavy atom. The van der Waals surface area contributed by atoms with Gasteiger partial charge in [0.1, 0.15) is 0 Å². The van der Waals surface area contributed by atoms with Gasteiger partial charge in [0.2, 0.25) is 0 Å². The zero-order valence-corrected chi connectivity index (χ0v) is 12.2. The number of hydrogen-bond donors (Lipinski definition) is 3. The van der Waals surface area contributed by atoms with Crippen molar-refractivity contribution in [3.8, 4) is 0 Å². The zero-order valence-electron chi connectivity index (χ0n) is 12.2. The number of carboxylic acid groups (broad SMARTS) is 1. The fraction of sp³-hybridized carbons (Fsp3) is 0.467. The largest absolute Gasteiger partial charge is 0.478 e. The molecule has 0 spiro atoms. The van der Waals surface area contributed by atoms with Crippen molar-refractivity contribution in [3.05, 3.63) is 29.8 Å². The number of para-hydroxylation sites is 1. The van der Waals surface area contributed by atoms with Gasteiger partial charge in [-0.2, -0.15) is 0 Å². The highest BCUT2D eigenvalue weighted by Crippen LogP contribution is 2.20. The fourth-order valence-corrected chi connectivity index (χ4v) is 2.19. The molecule has 5 heteroatoms. The minimum absolute atomic E-state index is 0.0812. The van der Waals surface area contributed by atoms with E-state index < -0.39 is 5.97 Å². The molecule has 0 saturated carbocycles. The fourth-order valence-electron chi connectivity index (χ4n) is 2.19. The van der Waals surface area contributed by atoms with Crippen LogP contribution in [0, 0.1) is 0 Å². The Hall–Kier alpha value is -2.04. The number of carbonyl (C=O) groups excluding carboxylic acids is 1. The molecular weight excluding hydrogens is 256 g/mol. The van der Waals surface area contributed by atoms with Crippen LogP contribution in [0.2, 0.25) is 0 Å². The van der Waals surface area contributed by atoms with Gasteiger partial charge in [0.25, 0.3) is 0 Å². The van der Waals surface area contributed by atoms with E-state index in [1.165, 1.54) is 6.07 Å². The van der Waals surface area contributed by atoms with Crippen molar-refractivity contribution < 1.29 is 14.7 Å². The van der Waals surface area contributed by atoms with Gasteiger partial charge in [-0.25, -0.2) is 9.59 Å². The molecule has 0 aliphatic heterocycles. The summed E-state index contributed by atoms with van der Waals surface area (Å²) < 4.78 is 0. The van der Waals surface area contributed by atoms with E-state index in [2.05, 4.69) is 10.6 Å². The summed E-state index contributed by atoms with van der Waals surface area (Å²) in [5.41, 5.74) is 0.134. The molecular formula is C15H22N2O3. The molecule has 0 atom stereocenters. The Morgan fingerprint density at radius 3 is 2.15 bits per heavy atom. The van der Waals surface area contributed by atoms with Crippen LogP contribution in [0.3, 0.4) is 0 Å². The molecule has 0 unspecified atom stereocenters. The first kappa shape index (κ1) is 16.0. The lowest BCUT2D eigenvalue weighted by atomic mass is 9.90. The molecule has 0 aromatic heterocycles. The minimum atomic E-state index is -1.06. The van der Waals surface area contributed by atoms with Gasteiger partial charge in [0.15, 0.2) is 0 Å². The van der Waals surface area contributed by atoms with Gasteiger partial charge < -0.3 is 15.7 Å². The van der Waals surface area contributed by atoms with Gasteiger partial charge in [0, 0.05) is 5.54 Å². The quantitative estimate of drug-likeness (QED) is 0.745. The molecule has 1 rings (SSSR count). The van der Waals surface area contributed by atoms with Gasteiger partial charge in [-0.3, -0.25) is 0 Å². The lowest BCUT2D eigenvalue weighted by molar-refractivity contribution is 0.0698. The summed E-state index contributed by atoms with van der Waals surface area (Å²) in [5, 5.41) is 14.6. The number of aromatic carboxylic acids is 1. The zero-order chi connectivity index (χ0) is 15.2. The molecule has 0 heterocycles. The van der Waals surface area contributed by atoms with Crippen molar-refractivity contribution >= 4 is 17.7 Å². The van der Waals surface area contributed by atoms with Crippen molar-refractivity contribution in [1.29, 1.82) is 0 Å². The number of hydrogen-bond acceptors (Lipinski definition) is 2. The number of benzene rings is 1. The van der Waals surface area contributed by atoms with E-state index in [-0.39, 0.29) is 17.1 Å². The smallest absolute Gasteiger partial charge is 0.337 e. The second-order valence-electron chi connectivity index (χ2n) is 4.77. The van der Waals surface area contributed by atoms with E-state index in [0.29, 0.717) is 5.69 Å². The molecule has 110 valence electrons. The maximum atomic E-state index is 12.1. The Morgan fingerprint density at radius 2 is 1.65 bits per heavy atom. The molecule has 1 aromatic carbocycles. The van der Waals surface area contributed by atoms with Gasteiger partial charge in [-0.1, -0.05) is 32.9 Å². The lowest BCUT2D eigenvalue weighted by Gasteiger charge is -2.31. The van der Waals surface area contributed by atoms with Crippen LogP contribution in [0.15, 0.2) is 24.3 Å². The first-order valence-electron chi connectivity index (χ1n) is 6.89. The Balaban J connectivity index is 2.84. The predicted molar refractivity (Wildman–Crippen MR) is 79.2 cm³/mol. The standard InChI is InChI=1S/C15H22N2O3/c1-4-15(5-2,6-3)17-14(20)16-12-10-8-7-9-11(12)13(18)19/h7-10H,4-6H2,1-3H3,(H,18,19)(H2,16,17,20). The van der Waals surface area contributed by atoms with Gasteiger partial charge in [-0.15, -0.1) is 0 Å². The highest BCUT2D eigenvalue weighted by atomic mass is 16.4. The van der Waals surface area contributed by atoms with Crippen LogP contribution in [0.1, 0.15) is 50.4 Å². The summed E-state index contributed by atoms with van der Waals surface area (Å²) >= 11 is 0. The maximum Gasteiger partial charge on any atom is 0.337 e. The molecule has 5 nitrogen and oxygen atoms in total. The van der Waals surface area contributed by atoms with Gasteiger partial charge in [-0.05, 0) is 31.4 Å². The highest BCUT2D eigenvalue weighted by molar-refractivity contribution is 6.00. The number of anilines is 1. The van der Waals surface area contributed by atoms with Crippen molar-refractivity contribution in [3.63, 3.8) is 0 Å². The number of rotatable bonds is 6. The third-order valence-corrected chi connectivity index (χ3v) is 3.81. The first-order chi connectivity index (χ1) is 9.48. The van der Waals surface area contributed by atoms with Gasteiger partial charge in [0.05, 0.1) is 11.3 Å². The van der Waals surface area contributed by atoms with Crippen LogP contribution >= 0.6 is 0 Å². The summed E-state index contributed by atoms with van der Waals surface area (Å²) in [7, 11) is 0. The molecule has 0 aliphatic rings. The van der Waals surface area contributed by atoms with E-state index in [1.54, 1.807) is 18.2 Å². The predicted octanol–water partition coefficient (Wildman–Crippen LogP) is 3.48. The van der Waals surface area contributed by atoms with Crippen LogP contribution in [0.25, 0.3) is 0 Å². The average molecular weight is 278 g/mol. The molecule has 0 saturated heterocycles. The van der Waals surface area contributed by atoms with E-state index in [4.69, 9.17) is 5.11 Å². The van der Waals surface area contributed by atoms with Crippen LogP contribution in [0.4, 0.5) is 10.5 Å². The van der Waals surface area contributed by atoms with Crippen molar-refractivity contribution in [2.45, 2.75) is 45.6 Å². The van der Waals surface area contributed by atoms with Gasteiger partial charge >= 0.3 is 12.0 Å². The maximum absolute atomic E-state index is 12.1. The number of carbonyl (C=O) groups is 2. The normalized spacial score (nSPS) is 10.9. The minimum Gasteiger partial charge on any atom is -0.478 e. The monoisotopic (exact) mass is 278 g/mol. The van der Waals surface area contributed by atoms with E-state index in [0.717, 1.165) is 19.3 Å². The number of carboxylic acids is 1. The SMILES string of the molecule is CCC(CC)(CC)NC(=O)Nc1ccccc1C(=O)O. The van der Waals surface area contributed by atoms with Crippen molar-refractivity contribution in [2.75, 3.05) is 5.32 Å². The molecule has 3 N–H and O–H groups in total. The van der Waals surface area contributed by atoms with Crippen molar-refractivity contribution in [2.24, 2.45) is 0 Å². The summed E-state index contributed by atoms with van der Waals surface area (Å²) in [5.74, 6) is -1.06. The van der Waals surface area contributed by atoms with Crippen LogP contribution in [-0.2, 0) is 0 Å². The van der Waals surface area contributed by atoms with Crippen molar-refractivity contribution in [1.82, 2.24) is 5.32 Å². The second-order valence-corrected chi connectivity index (χ2v) is 4.77. The summed E-state index contributed by atoms with van der Waals surface area (Å²) in [6, 6.07) is 5.99. The molecule has 20 heavy (non-hydrogen) atoms. The average Bonchev–Trinajstić information content (AvgIpc) is 2.45. The molecule has 0 bridgehead atoms.